The molecule has 0 amide bonds. The Kier molecular flexibility index (Phi) is 2.22. The summed E-state index contributed by atoms with van der Waals surface area (Å²) in [5.74, 6) is -0.873. The van der Waals surface area contributed by atoms with Gasteiger partial charge in [-0.05, 0) is 11.8 Å². The summed E-state index contributed by atoms with van der Waals surface area (Å²) in [5, 5.41) is 0. The molecule has 0 aromatic rings. The van der Waals surface area contributed by atoms with Crippen LogP contribution in [0.5, 0.6) is 0 Å². The average Bonchev–Trinajstić information content (AvgIpc) is 2.23. The number of ketones is 1. The number of carbonyl (C=O) groups excluding carboxylic acids is 2. The molecule has 1 aliphatic rings. The molecule has 0 heterocycles. The smallest absolute Gasteiger partial charge is 0.316 e. The Balaban J connectivity index is 2.71. The van der Waals surface area contributed by atoms with Crippen LogP contribution in [0.4, 0.5) is 0 Å². The van der Waals surface area contributed by atoms with E-state index in [1.165, 1.54) is 7.11 Å². The number of carbonyl (C=O) groups is 2. The minimum absolute atomic E-state index is 0.0202. The van der Waals surface area contributed by atoms with Crippen molar-refractivity contribution in [2.24, 2.45) is 11.3 Å². The molecule has 3 heteroatoms. The fourth-order valence-corrected chi connectivity index (χ4v) is 1.69. The molecule has 0 spiro atoms. The summed E-state index contributed by atoms with van der Waals surface area (Å²) >= 11 is 0. The zero-order valence-corrected chi connectivity index (χ0v) is 7.72. The van der Waals surface area contributed by atoms with Gasteiger partial charge in [-0.3, -0.25) is 9.59 Å². The lowest BCUT2D eigenvalue weighted by atomic mass is 9.91. The molecule has 0 aliphatic heterocycles. The van der Waals surface area contributed by atoms with Crippen molar-refractivity contribution in [3.8, 4) is 0 Å². The maximum atomic E-state index is 11.3. The second-order valence-electron chi connectivity index (χ2n) is 4.09. The average molecular weight is 170 g/mol. The van der Waals surface area contributed by atoms with Crippen LogP contribution in [0.3, 0.4) is 0 Å². The first kappa shape index (κ1) is 9.23. The van der Waals surface area contributed by atoms with Crippen LogP contribution in [0, 0.1) is 11.3 Å². The summed E-state index contributed by atoms with van der Waals surface area (Å²) in [6, 6.07) is 0. The minimum Gasteiger partial charge on any atom is -0.468 e. The molecule has 1 atom stereocenters. The summed E-state index contributed by atoms with van der Waals surface area (Å²) < 4.78 is 4.54. The van der Waals surface area contributed by atoms with Gasteiger partial charge in [0.2, 0.25) is 0 Å². The molecule has 0 saturated heterocycles. The van der Waals surface area contributed by atoms with Gasteiger partial charge in [0.25, 0.3) is 0 Å². The lowest BCUT2D eigenvalue weighted by Crippen LogP contribution is -2.19. The Bertz CT molecular complexity index is 218. The van der Waals surface area contributed by atoms with Gasteiger partial charge in [-0.25, -0.2) is 0 Å². The van der Waals surface area contributed by atoms with E-state index in [4.69, 9.17) is 0 Å². The number of hydrogen-bond donors (Lipinski definition) is 0. The van der Waals surface area contributed by atoms with Gasteiger partial charge in [0.15, 0.2) is 0 Å². The summed E-state index contributed by atoms with van der Waals surface area (Å²) in [6.07, 6.45) is 1.12. The number of ether oxygens (including phenoxy) is 1. The maximum absolute atomic E-state index is 11.3. The lowest BCUT2D eigenvalue weighted by molar-refractivity contribution is -0.148. The van der Waals surface area contributed by atoms with Gasteiger partial charge in [0.1, 0.15) is 11.7 Å². The topological polar surface area (TPSA) is 43.4 Å². The van der Waals surface area contributed by atoms with Crippen LogP contribution in [-0.2, 0) is 14.3 Å². The van der Waals surface area contributed by atoms with E-state index >= 15 is 0 Å². The molecule has 0 bridgehead atoms. The first-order valence-corrected chi connectivity index (χ1v) is 4.07. The van der Waals surface area contributed by atoms with E-state index in [9.17, 15) is 9.59 Å². The third kappa shape index (κ3) is 1.65. The van der Waals surface area contributed by atoms with Gasteiger partial charge in [-0.1, -0.05) is 13.8 Å². The van der Waals surface area contributed by atoms with Gasteiger partial charge in [-0.2, -0.15) is 0 Å². The largest absolute Gasteiger partial charge is 0.468 e. The quantitative estimate of drug-likeness (QED) is 0.438. The highest BCUT2D eigenvalue weighted by Gasteiger charge is 2.42. The number of rotatable bonds is 1. The van der Waals surface area contributed by atoms with Crippen LogP contribution in [-0.4, -0.2) is 18.9 Å². The molecule has 12 heavy (non-hydrogen) atoms. The number of Topliss-reactive ketones (excluding diaryl/α,β-unsaturated/α-hetero) is 1. The summed E-state index contributed by atoms with van der Waals surface area (Å²) in [6.45, 7) is 3.99. The zero-order chi connectivity index (χ0) is 9.35. The third-order valence-electron chi connectivity index (χ3n) is 2.28. The Labute approximate surface area is 72.1 Å². The molecule has 1 fully saturated rings. The summed E-state index contributed by atoms with van der Waals surface area (Å²) in [7, 11) is 1.32. The maximum Gasteiger partial charge on any atom is 0.316 e. The van der Waals surface area contributed by atoms with Gasteiger partial charge >= 0.3 is 5.97 Å². The molecular weight excluding hydrogens is 156 g/mol. The van der Waals surface area contributed by atoms with E-state index in [2.05, 4.69) is 4.74 Å². The molecule has 3 nitrogen and oxygen atoms in total. The molecule has 1 rings (SSSR count). The SMILES string of the molecule is COC(=O)[C@H]1CC(C)(C)CC1=O. The highest BCUT2D eigenvalue weighted by Crippen LogP contribution is 2.38. The Hall–Kier alpha value is -0.860. The highest BCUT2D eigenvalue weighted by atomic mass is 16.5. The molecular formula is C9H14O3. The van der Waals surface area contributed by atoms with Crippen LogP contribution in [0.15, 0.2) is 0 Å². The zero-order valence-electron chi connectivity index (χ0n) is 7.72. The Morgan fingerprint density at radius 3 is 2.50 bits per heavy atom. The van der Waals surface area contributed by atoms with Crippen LogP contribution in [0.2, 0.25) is 0 Å². The predicted octanol–water partition coefficient (Wildman–Crippen LogP) is 1.16. The van der Waals surface area contributed by atoms with Crippen molar-refractivity contribution in [1.29, 1.82) is 0 Å². The summed E-state index contributed by atoms with van der Waals surface area (Å²) in [5.41, 5.74) is -0.0318. The van der Waals surface area contributed by atoms with E-state index in [0.29, 0.717) is 12.8 Å². The van der Waals surface area contributed by atoms with E-state index in [-0.39, 0.29) is 17.2 Å². The standard InChI is InChI=1S/C9H14O3/c1-9(2)4-6(7(10)5-9)8(11)12-3/h6H,4-5H2,1-3H3/t6-/m0/s1. The second kappa shape index (κ2) is 2.88. The van der Waals surface area contributed by atoms with Crippen molar-refractivity contribution >= 4 is 11.8 Å². The van der Waals surface area contributed by atoms with Crippen molar-refractivity contribution < 1.29 is 14.3 Å². The van der Waals surface area contributed by atoms with Crippen LogP contribution < -0.4 is 0 Å². The molecule has 1 saturated carbocycles. The van der Waals surface area contributed by atoms with E-state index < -0.39 is 5.92 Å². The number of hydrogen-bond acceptors (Lipinski definition) is 3. The first-order valence-electron chi connectivity index (χ1n) is 4.07. The van der Waals surface area contributed by atoms with Crippen molar-refractivity contribution in [3.05, 3.63) is 0 Å². The molecule has 68 valence electrons. The fourth-order valence-electron chi connectivity index (χ4n) is 1.69. The first-order chi connectivity index (χ1) is 5.46. The van der Waals surface area contributed by atoms with Crippen molar-refractivity contribution in [1.82, 2.24) is 0 Å². The third-order valence-corrected chi connectivity index (χ3v) is 2.28. The fraction of sp³-hybridized carbons (Fsp3) is 0.778. The Morgan fingerprint density at radius 1 is 1.58 bits per heavy atom. The van der Waals surface area contributed by atoms with Crippen molar-refractivity contribution in [2.45, 2.75) is 26.7 Å². The Morgan fingerprint density at radius 2 is 2.17 bits per heavy atom. The molecule has 1 aliphatic carbocycles. The minimum atomic E-state index is -0.509. The van der Waals surface area contributed by atoms with Gasteiger partial charge < -0.3 is 4.74 Å². The lowest BCUT2D eigenvalue weighted by Gasteiger charge is -2.14. The monoisotopic (exact) mass is 170 g/mol. The normalized spacial score (nSPS) is 27.2. The second-order valence-corrected chi connectivity index (χ2v) is 4.09. The van der Waals surface area contributed by atoms with E-state index in [0.717, 1.165) is 0 Å². The molecule has 0 aromatic carbocycles. The number of esters is 1. The van der Waals surface area contributed by atoms with Gasteiger partial charge in [0, 0.05) is 6.42 Å². The molecule has 0 N–H and O–H groups in total. The van der Waals surface area contributed by atoms with Gasteiger partial charge in [0.05, 0.1) is 7.11 Å². The predicted molar refractivity (Wildman–Crippen MR) is 43.5 cm³/mol. The van der Waals surface area contributed by atoms with E-state index in [1.54, 1.807) is 0 Å². The van der Waals surface area contributed by atoms with Crippen molar-refractivity contribution in [2.75, 3.05) is 7.11 Å². The van der Waals surface area contributed by atoms with Gasteiger partial charge in [-0.15, -0.1) is 0 Å². The molecule has 0 radical (unpaired) electrons. The van der Waals surface area contributed by atoms with Crippen molar-refractivity contribution in [3.63, 3.8) is 0 Å². The van der Waals surface area contributed by atoms with Crippen LogP contribution in [0.1, 0.15) is 26.7 Å². The number of methoxy groups -OCH3 is 1. The van der Waals surface area contributed by atoms with Crippen LogP contribution in [0.25, 0.3) is 0 Å². The summed E-state index contributed by atoms with van der Waals surface area (Å²) in [4.78, 5) is 22.4. The van der Waals surface area contributed by atoms with Crippen LogP contribution >= 0.6 is 0 Å². The molecule has 0 unspecified atom stereocenters. The van der Waals surface area contributed by atoms with E-state index in [1.807, 2.05) is 13.8 Å². The highest BCUT2D eigenvalue weighted by molar-refractivity contribution is 6.00. The molecule has 0 aromatic heterocycles.